The highest BCUT2D eigenvalue weighted by molar-refractivity contribution is 6.30. The van der Waals surface area contributed by atoms with Crippen molar-refractivity contribution in [3.63, 3.8) is 0 Å². The molecule has 1 aromatic heterocycles. The highest BCUT2D eigenvalue weighted by Gasteiger charge is 2.33. The number of anilines is 1. The molecule has 7 heteroatoms. The molecule has 0 radical (unpaired) electrons. The van der Waals surface area contributed by atoms with E-state index in [1.807, 2.05) is 30.3 Å². The number of carbonyl (C=O) groups excluding carboxylic acids is 1. The van der Waals surface area contributed by atoms with Crippen LogP contribution in [0.4, 0.5) is 10.1 Å². The number of carboxylic acids is 1. The number of pyridine rings is 1. The quantitative estimate of drug-likeness (QED) is 0.230. The standard InChI is InChI=1S/C33H32ClFN2O3/c1-20(33(39)40)22-4-2-21(3-5-22)18-29(32(38)37-27-13-10-25(34)11-14-27)24-8-6-23(7-9-24)28-16-17-36-31-15-12-26(35)19-30(28)31/h2-5,10-17,19-20,23-24,29H,6-9,18H2,1H3,(H,37,38)(H,39,40)/t20?,23?,24?,29-/m1/s1. The van der Waals surface area contributed by atoms with Crippen molar-refractivity contribution >= 4 is 40.1 Å². The molecule has 1 amide bonds. The van der Waals surface area contributed by atoms with Gasteiger partial charge in [0.25, 0.3) is 0 Å². The molecule has 1 fully saturated rings. The lowest BCUT2D eigenvalue weighted by Gasteiger charge is -2.34. The average molecular weight is 559 g/mol. The first-order valence-electron chi connectivity index (χ1n) is 13.7. The van der Waals surface area contributed by atoms with Gasteiger partial charge in [0.1, 0.15) is 5.82 Å². The Morgan fingerprint density at radius 3 is 2.38 bits per heavy atom. The predicted octanol–water partition coefficient (Wildman–Crippen LogP) is 7.99. The zero-order chi connectivity index (χ0) is 28.2. The lowest BCUT2D eigenvalue weighted by molar-refractivity contribution is -0.138. The minimum atomic E-state index is -0.866. The van der Waals surface area contributed by atoms with Crippen molar-refractivity contribution in [3.05, 3.63) is 107 Å². The van der Waals surface area contributed by atoms with Gasteiger partial charge in [-0.2, -0.15) is 0 Å². The number of benzene rings is 3. The number of hydrogen-bond acceptors (Lipinski definition) is 3. The summed E-state index contributed by atoms with van der Waals surface area (Å²) in [6.07, 6.45) is 5.90. The minimum absolute atomic E-state index is 0.0369. The molecule has 2 atom stereocenters. The fourth-order valence-corrected chi connectivity index (χ4v) is 6.03. The van der Waals surface area contributed by atoms with Gasteiger partial charge in [0, 0.05) is 28.2 Å². The van der Waals surface area contributed by atoms with Crippen LogP contribution in [0.5, 0.6) is 0 Å². The zero-order valence-corrected chi connectivity index (χ0v) is 23.1. The van der Waals surface area contributed by atoms with Crippen LogP contribution in [0.1, 0.15) is 61.1 Å². The first-order chi connectivity index (χ1) is 19.3. The topological polar surface area (TPSA) is 79.3 Å². The maximum atomic E-state index is 14.0. The third-order valence-electron chi connectivity index (χ3n) is 8.27. The molecular formula is C33H32ClFN2O3. The number of rotatable bonds is 8. The van der Waals surface area contributed by atoms with Crippen LogP contribution in [0, 0.1) is 17.7 Å². The van der Waals surface area contributed by atoms with E-state index in [1.54, 1.807) is 49.5 Å². The van der Waals surface area contributed by atoms with Gasteiger partial charge in [-0.1, -0.05) is 35.9 Å². The molecule has 5 rings (SSSR count). The molecule has 40 heavy (non-hydrogen) atoms. The maximum absolute atomic E-state index is 14.0. The van der Waals surface area contributed by atoms with Gasteiger partial charge in [0.2, 0.25) is 5.91 Å². The van der Waals surface area contributed by atoms with Crippen molar-refractivity contribution in [2.45, 2.75) is 50.9 Å². The Kier molecular flexibility index (Phi) is 8.46. The van der Waals surface area contributed by atoms with Crippen molar-refractivity contribution in [1.29, 1.82) is 0 Å². The van der Waals surface area contributed by atoms with Gasteiger partial charge in [-0.3, -0.25) is 14.6 Å². The first kappa shape index (κ1) is 27.8. The summed E-state index contributed by atoms with van der Waals surface area (Å²) < 4.78 is 14.0. The van der Waals surface area contributed by atoms with Gasteiger partial charge >= 0.3 is 5.97 Å². The van der Waals surface area contributed by atoms with E-state index in [2.05, 4.69) is 10.3 Å². The molecule has 0 aliphatic heterocycles. The third-order valence-corrected chi connectivity index (χ3v) is 8.52. The van der Waals surface area contributed by atoms with Gasteiger partial charge in [0.05, 0.1) is 11.4 Å². The van der Waals surface area contributed by atoms with Gasteiger partial charge in [-0.05, 0) is 116 Å². The molecule has 3 aromatic carbocycles. The Balaban J connectivity index is 1.35. The monoisotopic (exact) mass is 558 g/mol. The molecule has 0 bridgehead atoms. The van der Waals surface area contributed by atoms with E-state index in [0.29, 0.717) is 17.1 Å². The molecule has 1 aliphatic rings. The van der Waals surface area contributed by atoms with E-state index in [4.69, 9.17) is 11.6 Å². The van der Waals surface area contributed by atoms with Crippen molar-refractivity contribution < 1.29 is 19.1 Å². The van der Waals surface area contributed by atoms with E-state index in [-0.39, 0.29) is 29.5 Å². The number of carboxylic acid groups (broad SMARTS) is 1. The van der Waals surface area contributed by atoms with Crippen LogP contribution in [-0.2, 0) is 16.0 Å². The van der Waals surface area contributed by atoms with Crippen LogP contribution >= 0.6 is 11.6 Å². The number of hydrogen-bond donors (Lipinski definition) is 2. The number of aromatic nitrogens is 1. The number of halogens is 2. The summed E-state index contributed by atoms with van der Waals surface area (Å²) in [7, 11) is 0. The predicted molar refractivity (Wildman–Crippen MR) is 156 cm³/mol. The second-order valence-corrected chi connectivity index (χ2v) is 11.2. The molecule has 0 spiro atoms. The summed E-state index contributed by atoms with van der Waals surface area (Å²) in [5, 5.41) is 13.9. The molecule has 206 valence electrons. The molecule has 0 saturated heterocycles. The van der Waals surface area contributed by atoms with Gasteiger partial charge < -0.3 is 10.4 Å². The number of aliphatic carboxylic acids is 1. The lowest BCUT2D eigenvalue weighted by atomic mass is 9.71. The number of fused-ring (bicyclic) bond motifs is 1. The summed E-state index contributed by atoms with van der Waals surface area (Å²) in [5.74, 6) is -1.57. The van der Waals surface area contributed by atoms with Crippen LogP contribution in [0.3, 0.4) is 0 Å². The third kappa shape index (κ3) is 6.34. The van der Waals surface area contributed by atoms with Crippen molar-refractivity contribution in [3.8, 4) is 0 Å². The van der Waals surface area contributed by atoms with Gasteiger partial charge in [0.15, 0.2) is 0 Å². The number of nitrogens with zero attached hydrogens (tertiary/aromatic N) is 1. The molecular weight excluding hydrogens is 527 g/mol. The Bertz CT molecular complexity index is 1500. The fraction of sp³-hybridized carbons (Fsp3) is 0.303. The fourth-order valence-electron chi connectivity index (χ4n) is 5.91. The smallest absolute Gasteiger partial charge is 0.310 e. The minimum Gasteiger partial charge on any atom is -0.481 e. The Hall–Kier alpha value is -3.77. The zero-order valence-electron chi connectivity index (χ0n) is 22.3. The summed E-state index contributed by atoms with van der Waals surface area (Å²) in [6.45, 7) is 1.67. The summed E-state index contributed by atoms with van der Waals surface area (Å²) in [6, 6.07) is 21.4. The molecule has 1 saturated carbocycles. The molecule has 1 unspecified atom stereocenters. The molecule has 5 nitrogen and oxygen atoms in total. The average Bonchev–Trinajstić information content (AvgIpc) is 2.96. The van der Waals surface area contributed by atoms with E-state index < -0.39 is 11.9 Å². The summed E-state index contributed by atoms with van der Waals surface area (Å²) in [4.78, 5) is 29.4. The number of carbonyl (C=O) groups is 2. The molecule has 1 aliphatic carbocycles. The Morgan fingerprint density at radius 2 is 1.70 bits per heavy atom. The van der Waals surface area contributed by atoms with Crippen molar-refractivity contribution in [1.82, 2.24) is 4.98 Å². The van der Waals surface area contributed by atoms with Crippen LogP contribution in [0.15, 0.2) is 79.0 Å². The SMILES string of the molecule is CC(C(=O)O)c1ccc(C[C@@H](C(=O)Nc2ccc(Cl)cc2)C2CCC(c3ccnc4ccc(F)cc34)CC2)cc1. The number of nitrogens with one attached hydrogen (secondary N) is 1. The largest absolute Gasteiger partial charge is 0.481 e. The van der Waals surface area contributed by atoms with Crippen LogP contribution in [0.2, 0.25) is 5.02 Å². The van der Waals surface area contributed by atoms with Crippen molar-refractivity contribution in [2.75, 3.05) is 5.32 Å². The second kappa shape index (κ2) is 12.2. The van der Waals surface area contributed by atoms with Gasteiger partial charge in [-0.25, -0.2) is 4.39 Å². The highest BCUT2D eigenvalue weighted by atomic mass is 35.5. The van der Waals surface area contributed by atoms with E-state index in [0.717, 1.165) is 53.3 Å². The van der Waals surface area contributed by atoms with E-state index in [9.17, 15) is 19.1 Å². The van der Waals surface area contributed by atoms with E-state index in [1.165, 1.54) is 6.07 Å². The maximum Gasteiger partial charge on any atom is 0.310 e. The number of amides is 1. The van der Waals surface area contributed by atoms with Crippen molar-refractivity contribution in [2.24, 2.45) is 11.8 Å². The van der Waals surface area contributed by atoms with Crippen LogP contribution < -0.4 is 5.32 Å². The second-order valence-electron chi connectivity index (χ2n) is 10.8. The molecule has 2 N–H and O–H groups in total. The Labute approximate surface area is 238 Å². The summed E-state index contributed by atoms with van der Waals surface area (Å²) >= 11 is 6.03. The van der Waals surface area contributed by atoms with Crippen LogP contribution in [0.25, 0.3) is 10.9 Å². The Morgan fingerprint density at radius 1 is 1.00 bits per heavy atom. The lowest BCUT2D eigenvalue weighted by Crippen LogP contribution is -2.33. The first-order valence-corrected chi connectivity index (χ1v) is 14.1. The highest BCUT2D eigenvalue weighted by Crippen LogP contribution is 2.42. The van der Waals surface area contributed by atoms with Gasteiger partial charge in [-0.15, -0.1) is 0 Å². The molecule has 1 heterocycles. The van der Waals surface area contributed by atoms with E-state index >= 15 is 0 Å². The summed E-state index contributed by atoms with van der Waals surface area (Å²) in [5.41, 5.74) is 4.34. The molecule has 4 aromatic rings. The van der Waals surface area contributed by atoms with Crippen LogP contribution in [-0.4, -0.2) is 22.0 Å². The normalized spacial score (nSPS) is 18.7.